The number of nitrogens with two attached hydrogens (primary N) is 1. The summed E-state index contributed by atoms with van der Waals surface area (Å²) in [6, 6.07) is 1.50. The monoisotopic (exact) mass is 340 g/mol. The number of furan rings is 1. The first kappa shape index (κ1) is 14.9. The van der Waals surface area contributed by atoms with Crippen molar-refractivity contribution in [3.63, 3.8) is 0 Å². The second kappa shape index (κ2) is 5.85. The van der Waals surface area contributed by atoms with Gasteiger partial charge < -0.3 is 4.42 Å². The maximum Gasteiger partial charge on any atom is 0.391 e. The molecule has 1 unspecified atom stereocenters. The summed E-state index contributed by atoms with van der Waals surface area (Å²) in [5.74, 6) is 5.06. The molecule has 1 atom stereocenters. The molecule has 0 spiro atoms. The van der Waals surface area contributed by atoms with Crippen LogP contribution >= 0.6 is 15.9 Å². The van der Waals surface area contributed by atoms with Crippen LogP contribution in [0.3, 0.4) is 0 Å². The van der Waals surface area contributed by atoms with Crippen LogP contribution in [-0.4, -0.2) is 6.18 Å². The van der Waals surface area contributed by atoms with Crippen molar-refractivity contribution < 1.29 is 17.6 Å². The average Bonchev–Trinajstić information content (AvgIpc) is 2.76. The smallest absolute Gasteiger partial charge is 0.391 e. The van der Waals surface area contributed by atoms with Gasteiger partial charge in [0.05, 0.1) is 22.7 Å². The Kier molecular flexibility index (Phi) is 4.58. The number of hydrogen-bond acceptors (Lipinski definition) is 3. The van der Waals surface area contributed by atoms with E-state index in [2.05, 4.69) is 21.4 Å². The van der Waals surface area contributed by atoms with Crippen molar-refractivity contribution in [1.82, 2.24) is 5.43 Å². The van der Waals surface area contributed by atoms with Crippen LogP contribution in [0, 0.1) is 11.8 Å². The molecular weight excluding hydrogens is 325 g/mol. The summed E-state index contributed by atoms with van der Waals surface area (Å²) < 4.78 is 44.0. The summed E-state index contributed by atoms with van der Waals surface area (Å²) in [6.07, 6.45) is -1.25. The van der Waals surface area contributed by atoms with E-state index in [1.165, 1.54) is 6.26 Å². The van der Waals surface area contributed by atoms with Crippen molar-refractivity contribution in [2.75, 3.05) is 0 Å². The van der Waals surface area contributed by atoms with E-state index in [1.807, 2.05) is 0 Å². The molecule has 108 valence electrons. The zero-order valence-electron chi connectivity index (χ0n) is 10.2. The van der Waals surface area contributed by atoms with Gasteiger partial charge in [0, 0.05) is 0 Å². The molecule has 0 aliphatic heterocycles. The molecule has 0 amide bonds. The van der Waals surface area contributed by atoms with Crippen molar-refractivity contribution in [2.45, 2.75) is 37.9 Å². The molecule has 1 aromatic heterocycles. The van der Waals surface area contributed by atoms with Gasteiger partial charge in [-0.25, -0.2) is 5.43 Å². The second-order valence-electron chi connectivity index (χ2n) is 4.93. The molecule has 1 aromatic rings. The van der Waals surface area contributed by atoms with Crippen LogP contribution in [0.15, 0.2) is 21.2 Å². The van der Waals surface area contributed by atoms with Gasteiger partial charge in [-0.2, -0.15) is 13.2 Å². The summed E-state index contributed by atoms with van der Waals surface area (Å²) in [7, 11) is 0. The lowest BCUT2D eigenvalue weighted by Crippen LogP contribution is -2.37. The molecule has 1 saturated carbocycles. The normalized spacial score (nSPS) is 26.4. The Morgan fingerprint density at radius 2 is 1.95 bits per heavy atom. The van der Waals surface area contributed by atoms with Crippen LogP contribution < -0.4 is 11.3 Å². The van der Waals surface area contributed by atoms with Crippen molar-refractivity contribution in [2.24, 2.45) is 17.7 Å². The zero-order valence-corrected chi connectivity index (χ0v) is 11.8. The molecule has 1 fully saturated rings. The predicted molar refractivity (Wildman–Crippen MR) is 68.0 cm³/mol. The standard InChI is InChI=1S/C12H16BrF3N2O/c13-9-5-6-19-11(9)10(18-17)7-1-3-8(4-2-7)12(14,15)16/h5-8,10,18H,1-4,17H2. The fraction of sp³-hybridized carbons (Fsp3) is 0.667. The van der Waals surface area contributed by atoms with Crippen LogP contribution in [0.4, 0.5) is 13.2 Å². The Labute approximate surface area is 117 Å². The topological polar surface area (TPSA) is 51.2 Å². The molecule has 0 saturated heterocycles. The predicted octanol–water partition coefficient (Wildman–Crippen LogP) is 3.92. The van der Waals surface area contributed by atoms with E-state index in [9.17, 15) is 13.2 Å². The first-order valence-electron chi connectivity index (χ1n) is 6.19. The summed E-state index contributed by atoms with van der Waals surface area (Å²) >= 11 is 3.35. The summed E-state index contributed by atoms with van der Waals surface area (Å²) in [4.78, 5) is 0. The van der Waals surface area contributed by atoms with Gasteiger partial charge in [-0.1, -0.05) is 0 Å². The third-order valence-electron chi connectivity index (χ3n) is 3.81. The molecule has 0 radical (unpaired) electrons. The van der Waals surface area contributed by atoms with Crippen molar-refractivity contribution >= 4 is 15.9 Å². The minimum Gasteiger partial charge on any atom is -0.466 e. The first-order valence-corrected chi connectivity index (χ1v) is 6.98. The van der Waals surface area contributed by atoms with E-state index in [-0.39, 0.29) is 24.8 Å². The van der Waals surface area contributed by atoms with Crippen LogP contribution in [0.2, 0.25) is 0 Å². The Morgan fingerprint density at radius 3 is 2.37 bits per heavy atom. The summed E-state index contributed by atoms with van der Waals surface area (Å²) in [5.41, 5.74) is 2.66. The Hall–Kier alpha value is -0.530. The van der Waals surface area contributed by atoms with Gasteiger partial charge in [-0.3, -0.25) is 5.84 Å². The molecular formula is C12H16BrF3N2O. The van der Waals surface area contributed by atoms with Crippen molar-refractivity contribution in [3.8, 4) is 0 Å². The third kappa shape index (κ3) is 3.32. The van der Waals surface area contributed by atoms with Crippen LogP contribution in [0.1, 0.15) is 37.5 Å². The third-order valence-corrected chi connectivity index (χ3v) is 4.47. The highest BCUT2D eigenvalue weighted by atomic mass is 79.9. The number of halogens is 4. The van der Waals surface area contributed by atoms with Gasteiger partial charge in [0.25, 0.3) is 0 Å². The van der Waals surface area contributed by atoms with Crippen LogP contribution in [-0.2, 0) is 0 Å². The zero-order chi connectivity index (χ0) is 14.0. The fourth-order valence-corrected chi connectivity index (χ4v) is 3.18. The van der Waals surface area contributed by atoms with Crippen LogP contribution in [0.25, 0.3) is 0 Å². The quantitative estimate of drug-likeness (QED) is 0.647. The van der Waals surface area contributed by atoms with Gasteiger partial charge >= 0.3 is 6.18 Å². The molecule has 1 aliphatic rings. The van der Waals surface area contributed by atoms with Gasteiger partial charge in [-0.15, -0.1) is 0 Å². The molecule has 0 bridgehead atoms. The van der Waals surface area contributed by atoms with Crippen molar-refractivity contribution in [3.05, 3.63) is 22.6 Å². The van der Waals surface area contributed by atoms with Gasteiger partial charge in [0.15, 0.2) is 0 Å². The number of nitrogens with one attached hydrogen (secondary N) is 1. The second-order valence-corrected chi connectivity index (χ2v) is 5.78. The van der Waals surface area contributed by atoms with E-state index in [1.54, 1.807) is 6.07 Å². The molecule has 0 aromatic carbocycles. The van der Waals surface area contributed by atoms with Gasteiger partial charge in [0.1, 0.15) is 5.76 Å². The Morgan fingerprint density at radius 1 is 1.32 bits per heavy atom. The SMILES string of the molecule is NNC(c1occc1Br)C1CCC(C(F)(F)F)CC1. The first-order chi connectivity index (χ1) is 8.93. The van der Waals surface area contributed by atoms with Gasteiger partial charge in [-0.05, 0) is 53.6 Å². The minimum atomic E-state index is -4.08. The molecule has 7 heteroatoms. The average molecular weight is 341 g/mol. The van der Waals surface area contributed by atoms with Gasteiger partial charge in [0.2, 0.25) is 0 Å². The minimum absolute atomic E-state index is 0.0612. The van der Waals surface area contributed by atoms with E-state index in [0.717, 1.165) is 4.47 Å². The van der Waals surface area contributed by atoms with E-state index in [0.29, 0.717) is 18.6 Å². The lowest BCUT2D eigenvalue weighted by atomic mass is 9.78. The Bertz CT molecular complexity index is 413. The molecule has 1 heterocycles. The lowest BCUT2D eigenvalue weighted by molar-refractivity contribution is -0.184. The fourth-order valence-electron chi connectivity index (χ4n) is 2.73. The summed E-state index contributed by atoms with van der Waals surface area (Å²) in [5, 5.41) is 0. The molecule has 1 aliphatic carbocycles. The highest BCUT2D eigenvalue weighted by molar-refractivity contribution is 9.10. The molecule has 3 N–H and O–H groups in total. The van der Waals surface area contributed by atoms with E-state index in [4.69, 9.17) is 10.3 Å². The number of hydrogen-bond donors (Lipinski definition) is 2. The van der Waals surface area contributed by atoms with E-state index < -0.39 is 12.1 Å². The maximum absolute atomic E-state index is 12.6. The van der Waals surface area contributed by atoms with Crippen molar-refractivity contribution in [1.29, 1.82) is 0 Å². The highest BCUT2D eigenvalue weighted by Gasteiger charge is 2.43. The van der Waals surface area contributed by atoms with Crippen LogP contribution in [0.5, 0.6) is 0 Å². The van der Waals surface area contributed by atoms with E-state index >= 15 is 0 Å². The largest absolute Gasteiger partial charge is 0.466 e. The Balaban J connectivity index is 2.02. The molecule has 3 nitrogen and oxygen atoms in total. The summed E-state index contributed by atoms with van der Waals surface area (Å²) in [6.45, 7) is 0. The maximum atomic E-state index is 12.6. The number of alkyl halides is 3. The highest BCUT2D eigenvalue weighted by Crippen LogP contribution is 2.43. The lowest BCUT2D eigenvalue weighted by Gasteiger charge is -2.33. The number of hydrazine groups is 1. The molecule has 19 heavy (non-hydrogen) atoms. The molecule has 2 rings (SSSR count). The number of rotatable bonds is 3.